The lowest BCUT2D eigenvalue weighted by Crippen LogP contribution is -2.50. The number of anilines is 1. The van der Waals surface area contributed by atoms with E-state index >= 15 is 0 Å². The number of sulfonamides is 1. The monoisotopic (exact) mass is 482 g/mol. The number of halogens is 1. The quantitative estimate of drug-likeness (QED) is 0.605. The first-order chi connectivity index (χ1) is 13.7. The standard InChI is InChI=1S/C19H19BrN2O6S/c1-21(29(25,26)14-9-7-13(20)8-10-14)12-18(23)22-11-17(19(24)27-2)28-16-6-4-3-5-15(16)22/h3-10,17H,11-12H2,1-2H3/t17-/m0/s1. The van der Waals surface area contributed by atoms with E-state index in [2.05, 4.69) is 15.9 Å². The van der Waals surface area contributed by atoms with E-state index in [1.807, 2.05) is 0 Å². The van der Waals surface area contributed by atoms with Crippen LogP contribution in [-0.2, 0) is 24.3 Å². The van der Waals surface area contributed by atoms with Gasteiger partial charge in [0.15, 0.2) is 0 Å². The number of rotatable bonds is 5. The van der Waals surface area contributed by atoms with E-state index in [1.54, 1.807) is 36.4 Å². The zero-order valence-corrected chi connectivity index (χ0v) is 18.1. The first-order valence-corrected chi connectivity index (χ1v) is 10.8. The highest BCUT2D eigenvalue weighted by Gasteiger charge is 2.35. The minimum Gasteiger partial charge on any atom is -0.475 e. The first kappa shape index (κ1) is 21.3. The predicted octanol–water partition coefficient (Wildman–Crippen LogP) is 2.04. The Labute approximate surface area is 177 Å². The van der Waals surface area contributed by atoms with Crippen molar-refractivity contribution in [3.05, 3.63) is 53.0 Å². The van der Waals surface area contributed by atoms with Crippen molar-refractivity contribution in [3.8, 4) is 5.75 Å². The Bertz CT molecular complexity index is 1030. The van der Waals surface area contributed by atoms with Gasteiger partial charge in [-0.25, -0.2) is 13.2 Å². The second-order valence-electron chi connectivity index (χ2n) is 6.32. The van der Waals surface area contributed by atoms with Crippen LogP contribution < -0.4 is 9.64 Å². The molecular formula is C19H19BrN2O6S. The lowest BCUT2D eigenvalue weighted by atomic mass is 10.2. The van der Waals surface area contributed by atoms with Gasteiger partial charge >= 0.3 is 5.97 Å². The Balaban J connectivity index is 1.83. The van der Waals surface area contributed by atoms with Crippen LogP contribution in [0.1, 0.15) is 0 Å². The Hall–Kier alpha value is -2.43. The molecule has 29 heavy (non-hydrogen) atoms. The summed E-state index contributed by atoms with van der Waals surface area (Å²) >= 11 is 3.26. The molecule has 0 unspecified atom stereocenters. The summed E-state index contributed by atoms with van der Waals surface area (Å²) in [5.74, 6) is -0.757. The summed E-state index contributed by atoms with van der Waals surface area (Å²) in [6, 6.07) is 12.9. The van der Waals surface area contributed by atoms with Crippen molar-refractivity contribution in [2.75, 3.05) is 32.1 Å². The van der Waals surface area contributed by atoms with Gasteiger partial charge in [-0.05, 0) is 36.4 Å². The van der Waals surface area contributed by atoms with Gasteiger partial charge in [-0.1, -0.05) is 28.1 Å². The summed E-state index contributed by atoms with van der Waals surface area (Å²) in [5.41, 5.74) is 0.465. The van der Waals surface area contributed by atoms with Crippen LogP contribution >= 0.6 is 15.9 Å². The fourth-order valence-electron chi connectivity index (χ4n) is 2.87. The van der Waals surface area contributed by atoms with Gasteiger partial charge in [-0.15, -0.1) is 0 Å². The molecule has 10 heteroatoms. The molecule has 0 aromatic heterocycles. The molecule has 0 N–H and O–H groups in total. The van der Waals surface area contributed by atoms with E-state index in [9.17, 15) is 18.0 Å². The number of likely N-dealkylation sites (N-methyl/N-ethyl adjacent to an activating group) is 1. The van der Waals surface area contributed by atoms with Gasteiger partial charge in [0.25, 0.3) is 0 Å². The van der Waals surface area contributed by atoms with Crippen LogP contribution in [0.15, 0.2) is 57.9 Å². The number of hydrogen-bond donors (Lipinski definition) is 0. The van der Waals surface area contributed by atoms with Crippen molar-refractivity contribution >= 4 is 43.5 Å². The van der Waals surface area contributed by atoms with Gasteiger partial charge in [0.2, 0.25) is 22.0 Å². The van der Waals surface area contributed by atoms with Crippen molar-refractivity contribution in [2.45, 2.75) is 11.0 Å². The highest BCUT2D eigenvalue weighted by molar-refractivity contribution is 9.10. The van der Waals surface area contributed by atoms with Gasteiger partial charge in [0, 0.05) is 11.5 Å². The van der Waals surface area contributed by atoms with Crippen LogP contribution in [0.2, 0.25) is 0 Å². The number of esters is 1. The van der Waals surface area contributed by atoms with Gasteiger partial charge in [-0.2, -0.15) is 4.31 Å². The molecule has 8 nitrogen and oxygen atoms in total. The molecular weight excluding hydrogens is 464 g/mol. The van der Waals surface area contributed by atoms with Crippen LogP contribution in [0.3, 0.4) is 0 Å². The minimum absolute atomic E-state index is 0.0747. The van der Waals surface area contributed by atoms with Crippen LogP contribution in [0.4, 0.5) is 5.69 Å². The maximum Gasteiger partial charge on any atom is 0.348 e. The highest BCUT2D eigenvalue weighted by Crippen LogP contribution is 2.33. The van der Waals surface area contributed by atoms with Crippen molar-refractivity contribution in [1.29, 1.82) is 0 Å². The fraction of sp³-hybridized carbons (Fsp3) is 0.263. The molecule has 0 saturated heterocycles. The highest BCUT2D eigenvalue weighted by atomic mass is 79.9. The molecule has 154 valence electrons. The van der Waals surface area contributed by atoms with E-state index in [4.69, 9.17) is 9.47 Å². The maximum atomic E-state index is 13.0. The lowest BCUT2D eigenvalue weighted by Gasteiger charge is -2.34. The van der Waals surface area contributed by atoms with E-state index < -0.39 is 34.5 Å². The van der Waals surface area contributed by atoms with Crippen molar-refractivity contribution in [1.82, 2.24) is 4.31 Å². The molecule has 1 aliphatic rings. The molecule has 0 aliphatic carbocycles. The third-order valence-electron chi connectivity index (χ3n) is 4.42. The Morgan fingerprint density at radius 2 is 1.86 bits per heavy atom. The maximum absolute atomic E-state index is 13.0. The molecule has 2 aromatic rings. The molecule has 0 saturated carbocycles. The van der Waals surface area contributed by atoms with Crippen LogP contribution in [0, 0.1) is 0 Å². The second kappa shape index (κ2) is 8.52. The zero-order valence-electron chi connectivity index (χ0n) is 15.7. The molecule has 0 spiro atoms. The van der Waals surface area contributed by atoms with Crippen molar-refractivity contribution in [2.24, 2.45) is 0 Å². The smallest absolute Gasteiger partial charge is 0.348 e. The van der Waals surface area contributed by atoms with Crippen molar-refractivity contribution in [3.63, 3.8) is 0 Å². The number of carbonyl (C=O) groups excluding carboxylic acids is 2. The summed E-state index contributed by atoms with van der Waals surface area (Å²) in [7, 11) is -1.29. The predicted molar refractivity (Wildman–Crippen MR) is 109 cm³/mol. The molecule has 2 aromatic carbocycles. The fourth-order valence-corrected chi connectivity index (χ4v) is 4.26. The number of amides is 1. The van der Waals surface area contributed by atoms with Gasteiger partial charge < -0.3 is 14.4 Å². The van der Waals surface area contributed by atoms with E-state index in [0.29, 0.717) is 11.4 Å². The summed E-state index contributed by atoms with van der Waals surface area (Å²) in [5, 5.41) is 0. The molecule has 0 radical (unpaired) electrons. The Morgan fingerprint density at radius 1 is 1.21 bits per heavy atom. The summed E-state index contributed by atoms with van der Waals surface area (Å²) in [6.45, 7) is -0.477. The zero-order chi connectivity index (χ0) is 21.2. The average molecular weight is 483 g/mol. The lowest BCUT2D eigenvalue weighted by molar-refractivity contribution is -0.148. The molecule has 1 amide bonds. The first-order valence-electron chi connectivity index (χ1n) is 8.60. The topological polar surface area (TPSA) is 93.2 Å². The second-order valence-corrected chi connectivity index (χ2v) is 9.28. The van der Waals surface area contributed by atoms with Crippen LogP contribution in [-0.4, -0.2) is 58.0 Å². The molecule has 1 aliphatic heterocycles. The molecule has 0 bridgehead atoms. The number of nitrogens with zero attached hydrogens (tertiary/aromatic N) is 2. The number of benzene rings is 2. The largest absolute Gasteiger partial charge is 0.475 e. The molecule has 1 atom stereocenters. The molecule has 0 fully saturated rings. The summed E-state index contributed by atoms with van der Waals surface area (Å²) in [6.07, 6.45) is -0.993. The van der Waals surface area contributed by atoms with E-state index in [-0.39, 0.29) is 11.4 Å². The molecule has 3 rings (SSSR count). The van der Waals surface area contributed by atoms with Crippen LogP contribution in [0.5, 0.6) is 5.75 Å². The van der Waals surface area contributed by atoms with E-state index in [1.165, 1.54) is 31.2 Å². The Kier molecular flexibility index (Phi) is 6.25. The number of hydrogen-bond acceptors (Lipinski definition) is 6. The van der Waals surface area contributed by atoms with Crippen LogP contribution in [0.25, 0.3) is 0 Å². The summed E-state index contributed by atoms with van der Waals surface area (Å²) in [4.78, 5) is 26.3. The number of ether oxygens (including phenoxy) is 2. The number of carbonyl (C=O) groups is 2. The SMILES string of the molecule is COC(=O)[C@@H]1CN(C(=O)CN(C)S(=O)(=O)c2ccc(Br)cc2)c2ccccc2O1. The van der Waals surface area contributed by atoms with Gasteiger partial charge in [0.05, 0.1) is 30.8 Å². The number of fused-ring (bicyclic) bond motifs is 1. The Morgan fingerprint density at radius 3 is 2.52 bits per heavy atom. The number of methoxy groups -OCH3 is 1. The third kappa shape index (κ3) is 4.44. The van der Waals surface area contributed by atoms with E-state index in [0.717, 1.165) is 8.78 Å². The summed E-state index contributed by atoms with van der Waals surface area (Å²) < 4.78 is 37.6. The number of para-hydroxylation sites is 2. The van der Waals surface area contributed by atoms with Crippen molar-refractivity contribution < 1.29 is 27.5 Å². The van der Waals surface area contributed by atoms with Gasteiger partial charge in [0.1, 0.15) is 5.75 Å². The normalized spacial score (nSPS) is 16.1. The molecule has 1 heterocycles. The average Bonchev–Trinajstić information content (AvgIpc) is 2.72. The third-order valence-corrected chi connectivity index (χ3v) is 6.76. The van der Waals surface area contributed by atoms with Gasteiger partial charge in [-0.3, -0.25) is 4.79 Å². The minimum atomic E-state index is -3.86.